The van der Waals surface area contributed by atoms with E-state index in [2.05, 4.69) is 39.8 Å². The monoisotopic (exact) mass is 208 g/mol. The third-order valence-corrected chi connectivity index (χ3v) is 2.07. The first-order valence-electron chi connectivity index (χ1n) is 5.43. The number of hydrogen-bond donors (Lipinski definition) is 0. The van der Waals surface area contributed by atoms with E-state index >= 15 is 0 Å². The summed E-state index contributed by atoms with van der Waals surface area (Å²) in [6.07, 6.45) is 9.43. The highest BCUT2D eigenvalue weighted by Crippen LogP contribution is 2.24. The molecule has 0 aliphatic carbocycles. The van der Waals surface area contributed by atoms with Crippen LogP contribution in [0.25, 0.3) is 0 Å². The molecule has 0 aliphatic rings. The molecule has 1 nitrogen and oxygen atoms in total. The second-order valence-corrected chi connectivity index (χ2v) is 4.94. The van der Waals surface area contributed by atoms with E-state index < -0.39 is 0 Å². The highest BCUT2D eigenvalue weighted by Gasteiger charge is 2.10. The fourth-order valence-electron chi connectivity index (χ4n) is 1.24. The minimum absolute atomic E-state index is 0.339. The van der Waals surface area contributed by atoms with Gasteiger partial charge in [0, 0.05) is 0 Å². The lowest BCUT2D eigenvalue weighted by molar-refractivity contribution is 0.294. The number of hydrogen-bond acceptors (Lipinski definition) is 1. The van der Waals surface area contributed by atoms with E-state index in [0.29, 0.717) is 5.41 Å². The molecule has 15 heavy (non-hydrogen) atoms. The number of rotatable bonds is 4. The van der Waals surface area contributed by atoms with E-state index in [-0.39, 0.29) is 0 Å². The Morgan fingerprint density at radius 1 is 1.27 bits per heavy atom. The van der Waals surface area contributed by atoms with Crippen LogP contribution in [0.2, 0.25) is 0 Å². The summed E-state index contributed by atoms with van der Waals surface area (Å²) >= 11 is 0. The maximum Gasteiger partial charge on any atom is 0.0924 e. The maximum absolute atomic E-state index is 5.06. The quantitative estimate of drug-likeness (QED) is 0.489. The molecule has 0 heterocycles. The van der Waals surface area contributed by atoms with Gasteiger partial charge in [0.2, 0.25) is 0 Å². The topological polar surface area (TPSA) is 9.23 Å². The van der Waals surface area contributed by atoms with Crippen LogP contribution in [0.15, 0.2) is 35.6 Å². The smallest absolute Gasteiger partial charge is 0.0924 e. The Kier molecular flexibility index (Phi) is 6.07. The Bertz CT molecular complexity index is 262. The van der Waals surface area contributed by atoms with Gasteiger partial charge in [0.1, 0.15) is 0 Å². The molecular weight excluding hydrogens is 184 g/mol. The molecule has 0 amide bonds. The van der Waals surface area contributed by atoms with Crippen LogP contribution < -0.4 is 0 Å². The molecule has 0 aromatic heterocycles. The van der Waals surface area contributed by atoms with Crippen molar-refractivity contribution in [3.05, 3.63) is 35.6 Å². The first-order valence-corrected chi connectivity index (χ1v) is 5.43. The molecule has 0 aliphatic heterocycles. The molecule has 0 atom stereocenters. The maximum atomic E-state index is 5.06. The molecule has 0 rings (SSSR count). The largest absolute Gasteiger partial charge is 0.501 e. The van der Waals surface area contributed by atoms with Crippen LogP contribution in [0.4, 0.5) is 0 Å². The van der Waals surface area contributed by atoms with Crippen molar-refractivity contribution in [3.8, 4) is 0 Å². The Morgan fingerprint density at radius 2 is 1.87 bits per heavy atom. The third-order valence-electron chi connectivity index (χ3n) is 2.07. The predicted molar refractivity (Wildman–Crippen MR) is 67.7 cm³/mol. The number of ether oxygens (including phenoxy) is 1. The number of methoxy groups -OCH3 is 1. The summed E-state index contributed by atoms with van der Waals surface area (Å²) < 4.78 is 5.06. The van der Waals surface area contributed by atoms with Crippen LogP contribution in [-0.4, -0.2) is 7.11 Å². The van der Waals surface area contributed by atoms with Crippen molar-refractivity contribution >= 4 is 0 Å². The van der Waals surface area contributed by atoms with Crippen molar-refractivity contribution in [2.24, 2.45) is 5.41 Å². The summed E-state index contributed by atoms with van der Waals surface area (Å²) in [6, 6.07) is 0. The zero-order valence-electron chi connectivity index (χ0n) is 10.9. The molecule has 1 heteroatoms. The molecule has 0 spiro atoms. The molecule has 0 bridgehead atoms. The minimum Gasteiger partial charge on any atom is -0.501 e. The van der Waals surface area contributed by atoms with Gasteiger partial charge in [-0.2, -0.15) is 0 Å². The SMILES string of the molecule is C\C=C(/C=C\C=C(/C)OC)CC(C)(C)C. The molecule has 86 valence electrons. The van der Waals surface area contributed by atoms with Gasteiger partial charge in [0.25, 0.3) is 0 Å². The Balaban J connectivity index is 4.37. The van der Waals surface area contributed by atoms with Crippen LogP contribution in [0.1, 0.15) is 41.0 Å². The normalized spacial score (nSPS) is 14.8. The van der Waals surface area contributed by atoms with Crippen molar-refractivity contribution in [3.63, 3.8) is 0 Å². The molecule has 0 radical (unpaired) electrons. The zero-order valence-corrected chi connectivity index (χ0v) is 10.9. The van der Waals surface area contributed by atoms with Gasteiger partial charge in [-0.3, -0.25) is 0 Å². The van der Waals surface area contributed by atoms with Crippen LogP contribution in [0, 0.1) is 5.41 Å². The van der Waals surface area contributed by atoms with E-state index in [1.807, 2.05) is 19.1 Å². The van der Waals surface area contributed by atoms with E-state index in [4.69, 9.17) is 4.74 Å². The average Bonchev–Trinajstić information content (AvgIpc) is 2.14. The Morgan fingerprint density at radius 3 is 2.27 bits per heavy atom. The molecule has 0 aromatic carbocycles. The van der Waals surface area contributed by atoms with Crippen molar-refractivity contribution in [1.82, 2.24) is 0 Å². The molecule has 0 saturated heterocycles. The lowest BCUT2D eigenvalue weighted by Gasteiger charge is -2.18. The molecular formula is C14H24O. The van der Waals surface area contributed by atoms with Crippen molar-refractivity contribution in [2.45, 2.75) is 41.0 Å². The van der Waals surface area contributed by atoms with Gasteiger partial charge in [-0.1, -0.05) is 44.6 Å². The summed E-state index contributed by atoms with van der Waals surface area (Å²) in [6.45, 7) is 10.8. The summed E-state index contributed by atoms with van der Waals surface area (Å²) in [4.78, 5) is 0. The van der Waals surface area contributed by atoms with E-state index in [1.54, 1.807) is 7.11 Å². The molecule has 0 N–H and O–H groups in total. The lowest BCUT2D eigenvalue weighted by Crippen LogP contribution is -2.05. The number of allylic oxidation sites excluding steroid dienone is 6. The van der Waals surface area contributed by atoms with Gasteiger partial charge in [-0.05, 0) is 31.8 Å². The Labute approximate surface area is 94.5 Å². The summed E-state index contributed by atoms with van der Waals surface area (Å²) in [5.41, 5.74) is 1.70. The average molecular weight is 208 g/mol. The lowest BCUT2D eigenvalue weighted by atomic mass is 9.87. The van der Waals surface area contributed by atoms with Gasteiger partial charge in [-0.25, -0.2) is 0 Å². The Hall–Kier alpha value is -0.980. The molecule has 0 saturated carbocycles. The molecule has 0 aromatic rings. The second-order valence-electron chi connectivity index (χ2n) is 4.94. The van der Waals surface area contributed by atoms with Crippen LogP contribution >= 0.6 is 0 Å². The first kappa shape index (κ1) is 14.0. The fourth-order valence-corrected chi connectivity index (χ4v) is 1.24. The van der Waals surface area contributed by atoms with Gasteiger partial charge in [0.15, 0.2) is 0 Å². The standard InChI is InChI=1S/C14H24O/c1-7-13(11-14(3,4)5)10-8-9-12(2)15-6/h7-10H,11H2,1-6H3/b10-8-,12-9+,13-7+. The van der Waals surface area contributed by atoms with E-state index in [1.165, 1.54) is 5.57 Å². The predicted octanol–water partition coefficient (Wildman–Crippen LogP) is 4.48. The van der Waals surface area contributed by atoms with Gasteiger partial charge < -0.3 is 4.74 Å². The highest BCUT2D eigenvalue weighted by molar-refractivity contribution is 5.23. The van der Waals surface area contributed by atoms with Crippen LogP contribution in [0.3, 0.4) is 0 Å². The van der Waals surface area contributed by atoms with Crippen LogP contribution in [-0.2, 0) is 4.74 Å². The van der Waals surface area contributed by atoms with Crippen molar-refractivity contribution < 1.29 is 4.74 Å². The van der Waals surface area contributed by atoms with Crippen molar-refractivity contribution in [2.75, 3.05) is 7.11 Å². The third kappa shape index (κ3) is 8.04. The summed E-state index contributed by atoms with van der Waals surface area (Å²) in [5, 5.41) is 0. The van der Waals surface area contributed by atoms with Gasteiger partial charge in [0.05, 0.1) is 12.9 Å². The minimum atomic E-state index is 0.339. The summed E-state index contributed by atoms with van der Waals surface area (Å²) in [5.74, 6) is 0.928. The van der Waals surface area contributed by atoms with Gasteiger partial charge >= 0.3 is 0 Å². The fraction of sp³-hybridized carbons (Fsp3) is 0.571. The van der Waals surface area contributed by atoms with E-state index in [9.17, 15) is 0 Å². The second kappa shape index (κ2) is 6.49. The molecule has 0 fully saturated rings. The van der Waals surface area contributed by atoms with E-state index in [0.717, 1.165) is 12.2 Å². The summed E-state index contributed by atoms with van der Waals surface area (Å²) in [7, 11) is 1.69. The van der Waals surface area contributed by atoms with Gasteiger partial charge in [-0.15, -0.1) is 0 Å². The van der Waals surface area contributed by atoms with Crippen LogP contribution in [0.5, 0.6) is 0 Å². The first-order chi connectivity index (χ1) is 6.89. The highest BCUT2D eigenvalue weighted by atomic mass is 16.5. The molecule has 0 unspecified atom stereocenters. The zero-order chi connectivity index (χ0) is 11.9. The van der Waals surface area contributed by atoms with Crippen molar-refractivity contribution in [1.29, 1.82) is 0 Å².